The summed E-state index contributed by atoms with van der Waals surface area (Å²) in [5.74, 6) is 2.31. The molecule has 16 nitrogen and oxygen atoms in total. The summed E-state index contributed by atoms with van der Waals surface area (Å²) in [5.41, 5.74) is 3.86. The van der Waals surface area contributed by atoms with E-state index in [9.17, 15) is 20.2 Å². The second-order valence-corrected chi connectivity index (χ2v) is 13.6. The Kier molecular flexibility index (Phi) is 11.3. The van der Waals surface area contributed by atoms with Crippen molar-refractivity contribution in [1.82, 2.24) is 19.8 Å². The lowest BCUT2D eigenvalue weighted by Gasteiger charge is -2.34. The van der Waals surface area contributed by atoms with Crippen molar-refractivity contribution in [3.8, 4) is 23.0 Å². The van der Waals surface area contributed by atoms with E-state index in [0.717, 1.165) is 85.0 Å². The number of nitrogens with zero attached hydrogens (tertiary/aromatic N) is 6. The number of non-ortho nitro benzene ring substituents is 2. The van der Waals surface area contributed by atoms with Crippen molar-refractivity contribution in [1.29, 1.82) is 0 Å². The predicted molar refractivity (Wildman–Crippen MR) is 217 cm³/mol. The van der Waals surface area contributed by atoms with Gasteiger partial charge in [-0.25, -0.2) is 9.97 Å². The molecule has 0 aliphatic carbocycles. The smallest absolute Gasteiger partial charge is 0.271 e. The highest BCUT2D eigenvalue weighted by molar-refractivity contribution is 6.11. The number of nitro groups is 2. The third-order valence-electron chi connectivity index (χ3n) is 10.3. The maximum atomic E-state index is 11.5. The summed E-state index contributed by atoms with van der Waals surface area (Å²) in [6.07, 6.45) is 1.80. The molecule has 0 radical (unpaired) electrons. The molecule has 0 amide bonds. The lowest BCUT2D eigenvalue weighted by molar-refractivity contribution is -0.384. The molecule has 6 aromatic rings. The molecule has 2 N–H and O–H groups in total. The lowest BCUT2D eigenvalue weighted by atomic mass is 10.1. The largest absolute Gasteiger partial charge is 0.497 e. The minimum atomic E-state index is -0.416. The number of anilines is 2. The number of benzene rings is 4. The monoisotopic (exact) mass is 764 g/mol. The van der Waals surface area contributed by atoms with Crippen molar-refractivity contribution < 1.29 is 28.8 Å². The normalized spacial score (nSPS) is 13.6. The van der Waals surface area contributed by atoms with Crippen LogP contribution in [0, 0.1) is 20.2 Å². The fourth-order valence-electron chi connectivity index (χ4n) is 7.38. The van der Waals surface area contributed by atoms with Gasteiger partial charge in [0.25, 0.3) is 11.4 Å². The zero-order valence-corrected chi connectivity index (χ0v) is 31.8. The van der Waals surface area contributed by atoms with E-state index < -0.39 is 9.85 Å². The van der Waals surface area contributed by atoms with Crippen LogP contribution in [0.2, 0.25) is 0 Å². The number of nitro benzene ring substituents is 2. The summed E-state index contributed by atoms with van der Waals surface area (Å²) >= 11 is 0. The van der Waals surface area contributed by atoms with Crippen molar-refractivity contribution in [3.05, 3.63) is 80.9 Å². The van der Waals surface area contributed by atoms with Crippen LogP contribution in [0.15, 0.2) is 60.7 Å². The number of aromatic nitrogens is 2. The number of piperazine rings is 1. The van der Waals surface area contributed by atoms with Crippen LogP contribution in [0.4, 0.5) is 22.7 Å². The average Bonchev–Trinajstić information content (AvgIpc) is 3.22. The first-order chi connectivity index (χ1) is 27.2. The van der Waals surface area contributed by atoms with E-state index in [-0.39, 0.29) is 11.4 Å². The zero-order chi connectivity index (χ0) is 39.3. The Labute approximate surface area is 322 Å². The summed E-state index contributed by atoms with van der Waals surface area (Å²) < 4.78 is 22.3. The molecule has 1 aliphatic heterocycles. The molecular formula is C40H44N8O8. The molecule has 16 heteroatoms. The van der Waals surface area contributed by atoms with E-state index >= 15 is 0 Å². The van der Waals surface area contributed by atoms with Crippen LogP contribution in [0.5, 0.6) is 23.0 Å². The maximum absolute atomic E-state index is 11.5. The molecule has 1 aliphatic rings. The van der Waals surface area contributed by atoms with E-state index in [0.29, 0.717) is 58.2 Å². The number of hydrogen-bond donors (Lipinski definition) is 2. The first-order valence-electron chi connectivity index (χ1n) is 18.4. The van der Waals surface area contributed by atoms with Crippen LogP contribution in [0.3, 0.4) is 0 Å². The number of methoxy groups -OCH3 is 4. The molecule has 7 rings (SSSR count). The van der Waals surface area contributed by atoms with Gasteiger partial charge in [0.05, 0.1) is 60.7 Å². The molecule has 0 spiro atoms. The van der Waals surface area contributed by atoms with Gasteiger partial charge in [-0.05, 0) is 50.2 Å². The molecule has 0 saturated carbocycles. The second kappa shape index (κ2) is 16.6. The highest BCUT2D eigenvalue weighted by Crippen LogP contribution is 2.40. The molecule has 1 fully saturated rings. The average molecular weight is 765 g/mol. The van der Waals surface area contributed by atoms with Gasteiger partial charge in [0.1, 0.15) is 34.0 Å². The fraction of sp³-hybridized carbons (Fsp3) is 0.350. The van der Waals surface area contributed by atoms with Crippen molar-refractivity contribution in [2.24, 2.45) is 0 Å². The minimum absolute atomic E-state index is 0.0219. The topological polar surface area (TPSA) is 180 Å². The Hall–Kier alpha value is -6.26. The predicted octanol–water partition coefficient (Wildman–Crippen LogP) is 6.86. The standard InChI is InChI=1S/C40H44N8O8/c1-53-27-21-31-37(29-9-7-25(47(49)50)19-33(29)43-39(31)35(23-27)55-3)41-11-5-13-45-15-17-46(18-16-45)14-6-12-42-38-30-10-8-26(48(51)52)20-34(30)44-40-32(38)22-28(54-2)24-36(40)56-4/h7-10,19-24H,5-6,11-18H2,1-4H3,(H,41,43)(H,42,44). The van der Waals surface area contributed by atoms with Gasteiger partial charge in [-0.3, -0.25) is 20.2 Å². The minimum Gasteiger partial charge on any atom is -0.497 e. The number of ether oxygens (including phenoxy) is 4. The Morgan fingerprint density at radius 2 is 1.00 bits per heavy atom. The molecule has 4 aromatic carbocycles. The summed E-state index contributed by atoms with van der Waals surface area (Å²) in [6.45, 7) is 7.09. The van der Waals surface area contributed by atoms with Gasteiger partial charge < -0.3 is 39.4 Å². The van der Waals surface area contributed by atoms with Gasteiger partial charge in [0.2, 0.25) is 0 Å². The van der Waals surface area contributed by atoms with Crippen LogP contribution in [-0.4, -0.2) is 110 Å². The summed E-state index contributed by atoms with van der Waals surface area (Å²) in [4.78, 5) is 36.7. The Balaban J connectivity index is 0.954. The number of pyridine rings is 2. The van der Waals surface area contributed by atoms with Crippen LogP contribution in [-0.2, 0) is 0 Å². The quantitative estimate of drug-likeness (QED) is 0.0452. The van der Waals surface area contributed by atoms with E-state index in [1.807, 2.05) is 12.1 Å². The van der Waals surface area contributed by atoms with Crippen molar-refractivity contribution in [3.63, 3.8) is 0 Å². The SMILES string of the molecule is COc1cc(OC)c2nc3cc([N+](=O)[O-])ccc3c(NCCCN3CCN(CCCNc4c5ccc([N+](=O)[O-])cc5nc5c(OC)cc(OC)cc45)CC3)c2c1. The molecule has 0 atom stereocenters. The number of rotatable bonds is 16. The number of nitrogens with one attached hydrogen (secondary N) is 2. The Morgan fingerprint density at radius 1 is 0.589 bits per heavy atom. The first-order valence-corrected chi connectivity index (χ1v) is 18.4. The summed E-state index contributed by atoms with van der Waals surface area (Å²) in [6, 6.07) is 16.8. The lowest BCUT2D eigenvalue weighted by Crippen LogP contribution is -2.47. The van der Waals surface area contributed by atoms with Gasteiger partial charge >= 0.3 is 0 Å². The molecule has 1 saturated heterocycles. The van der Waals surface area contributed by atoms with Gasteiger partial charge in [0.15, 0.2) is 0 Å². The highest BCUT2D eigenvalue weighted by atomic mass is 16.6. The van der Waals surface area contributed by atoms with Crippen LogP contribution in [0.25, 0.3) is 43.6 Å². The third kappa shape index (κ3) is 7.79. The molecule has 0 unspecified atom stereocenters. The van der Waals surface area contributed by atoms with E-state index in [1.165, 1.54) is 24.3 Å². The van der Waals surface area contributed by atoms with Gasteiger partial charge in [-0.1, -0.05) is 0 Å². The van der Waals surface area contributed by atoms with E-state index in [4.69, 9.17) is 28.9 Å². The van der Waals surface area contributed by atoms with Gasteiger partial charge in [-0.15, -0.1) is 0 Å². The van der Waals surface area contributed by atoms with Crippen molar-refractivity contribution in [2.45, 2.75) is 12.8 Å². The Morgan fingerprint density at radius 3 is 1.36 bits per heavy atom. The molecule has 3 heterocycles. The molecule has 56 heavy (non-hydrogen) atoms. The molecule has 2 aromatic heterocycles. The maximum Gasteiger partial charge on any atom is 0.271 e. The summed E-state index contributed by atoms with van der Waals surface area (Å²) in [5, 5.41) is 33.5. The van der Waals surface area contributed by atoms with Gasteiger partial charge in [-0.2, -0.15) is 0 Å². The second-order valence-electron chi connectivity index (χ2n) is 13.6. The highest BCUT2D eigenvalue weighted by Gasteiger charge is 2.20. The number of fused-ring (bicyclic) bond motifs is 4. The van der Waals surface area contributed by atoms with Crippen molar-refractivity contribution in [2.75, 3.05) is 91.4 Å². The van der Waals surface area contributed by atoms with E-state index in [2.05, 4.69) is 20.4 Å². The molecule has 0 bridgehead atoms. The molecule has 292 valence electrons. The van der Waals surface area contributed by atoms with Gasteiger partial charge in [0, 0.05) is 97.2 Å². The fourth-order valence-corrected chi connectivity index (χ4v) is 7.38. The van der Waals surface area contributed by atoms with Crippen LogP contribution < -0.4 is 29.6 Å². The summed E-state index contributed by atoms with van der Waals surface area (Å²) in [7, 11) is 6.33. The third-order valence-corrected chi connectivity index (χ3v) is 10.3. The molecular weight excluding hydrogens is 720 g/mol. The number of hydrogen-bond acceptors (Lipinski definition) is 14. The van der Waals surface area contributed by atoms with E-state index in [1.54, 1.807) is 52.7 Å². The van der Waals surface area contributed by atoms with Crippen molar-refractivity contribution >= 4 is 66.4 Å². The zero-order valence-electron chi connectivity index (χ0n) is 31.8. The van der Waals surface area contributed by atoms with Crippen LogP contribution in [0.1, 0.15) is 12.8 Å². The Bertz CT molecular complexity index is 2270. The van der Waals surface area contributed by atoms with Crippen LogP contribution >= 0.6 is 0 Å². The first kappa shape index (κ1) is 38.0.